The molecule has 2 fully saturated rings. The zero-order valence-electron chi connectivity index (χ0n) is 18.7. The Morgan fingerprint density at radius 3 is 2.38 bits per heavy atom. The number of amides is 2. The maximum Gasteiger partial charge on any atom is 0.573 e. The van der Waals surface area contributed by atoms with Gasteiger partial charge in [-0.15, -0.1) is 13.2 Å². The van der Waals surface area contributed by atoms with Gasteiger partial charge in [-0.2, -0.15) is 0 Å². The van der Waals surface area contributed by atoms with Gasteiger partial charge in [-0.05, 0) is 55.5 Å². The van der Waals surface area contributed by atoms with Gasteiger partial charge >= 0.3 is 6.36 Å². The molecule has 3 N–H and O–H groups in total. The highest BCUT2D eigenvalue weighted by Crippen LogP contribution is 2.49. The van der Waals surface area contributed by atoms with E-state index in [-0.39, 0.29) is 23.6 Å². The van der Waals surface area contributed by atoms with Crippen LogP contribution in [0.3, 0.4) is 0 Å². The number of carbonyl (C=O) groups excluding carboxylic acids is 2. The fourth-order valence-corrected chi connectivity index (χ4v) is 4.38. The van der Waals surface area contributed by atoms with Gasteiger partial charge in [-0.25, -0.2) is 0 Å². The molecule has 2 aromatic rings. The number of rotatable bonds is 8. The summed E-state index contributed by atoms with van der Waals surface area (Å²) in [5.41, 5.74) is 0.677. The quantitative estimate of drug-likeness (QED) is 0.548. The Bertz CT molecular complexity index is 986. The van der Waals surface area contributed by atoms with Crippen LogP contribution >= 0.6 is 0 Å². The van der Waals surface area contributed by atoms with Gasteiger partial charge in [0.2, 0.25) is 11.8 Å². The molecule has 6 nitrogen and oxygen atoms in total. The Balaban J connectivity index is 1.47. The van der Waals surface area contributed by atoms with Crippen molar-refractivity contribution in [2.45, 2.75) is 56.0 Å². The molecule has 9 heteroatoms. The number of hydrogen-bond acceptors (Lipinski definition) is 4. The molecule has 0 radical (unpaired) electrons. The summed E-state index contributed by atoms with van der Waals surface area (Å²) in [7, 11) is 0. The van der Waals surface area contributed by atoms with Crippen LogP contribution in [0.2, 0.25) is 0 Å². The zero-order chi connectivity index (χ0) is 24.2. The first-order valence-electron chi connectivity index (χ1n) is 11.5. The third-order valence-corrected chi connectivity index (χ3v) is 6.37. The van der Waals surface area contributed by atoms with Crippen molar-refractivity contribution in [2.24, 2.45) is 0 Å². The van der Waals surface area contributed by atoms with E-state index >= 15 is 0 Å². The van der Waals surface area contributed by atoms with E-state index in [0.29, 0.717) is 31.4 Å². The van der Waals surface area contributed by atoms with Crippen LogP contribution in [0.15, 0.2) is 54.6 Å². The third kappa shape index (κ3) is 6.08. The second kappa shape index (κ2) is 10.0. The topological polar surface area (TPSA) is 79.5 Å². The summed E-state index contributed by atoms with van der Waals surface area (Å²) in [5.74, 6) is -0.875. The van der Waals surface area contributed by atoms with Crippen LogP contribution in [-0.4, -0.2) is 43.3 Å². The summed E-state index contributed by atoms with van der Waals surface area (Å²) in [6.45, 7) is 1.61. The van der Waals surface area contributed by atoms with E-state index in [2.05, 4.69) is 20.7 Å². The van der Waals surface area contributed by atoms with E-state index in [1.807, 2.05) is 30.3 Å². The van der Waals surface area contributed by atoms with E-state index in [1.54, 1.807) is 0 Å². The number of halogens is 3. The molecule has 0 spiro atoms. The van der Waals surface area contributed by atoms with Crippen molar-refractivity contribution in [2.75, 3.05) is 13.1 Å². The van der Waals surface area contributed by atoms with Crippen molar-refractivity contribution in [3.63, 3.8) is 0 Å². The lowest BCUT2D eigenvalue weighted by Gasteiger charge is -2.28. The molecule has 0 bridgehead atoms. The Labute approximate surface area is 196 Å². The summed E-state index contributed by atoms with van der Waals surface area (Å²) in [6.07, 6.45) is -1.47. The number of hydrogen-bond donors (Lipinski definition) is 3. The highest BCUT2D eigenvalue weighted by Gasteiger charge is 2.52. The number of benzene rings is 2. The minimum atomic E-state index is -4.78. The van der Waals surface area contributed by atoms with Crippen molar-refractivity contribution < 1.29 is 27.5 Å². The molecular weight excluding hydrogens is 447 g/mol. The van der Waals surface area contributed by atoms with E-state index in [0.717, 1.165) is 24.9 Å². The molecule has 2 atom stereocenters. The van der Waals surface area contributed by atoms with Crippen LogP contribution in [-0.2, 0) is 21.4 Å². The van der Waals surface area contributed by atoms with Crippen molar-refractivity contribution >= 4 is 11.8 Å². The lowest BCUT2D eigenvalue weighted by atomic mass is 9.93. The minimum absolute atomic E-state index is 0.00693. The number of alkyl halides is 3. The normalized spacial score (nSPS) is 20.1. The number of piperidine rings is 1. The molecule has 34 heavy (non-hydrogen) atoms. The highest BCUT2D eigenvalue weighted by molar-refractivity contribution is 5.95. The van der Waals surface area contributed by atoms with E-state index in [1.165, 1.54) is 24.3 Å². The van der Waals surface area contributed by atoms with Gasteiger partial charge in [-0.3, -0.25) is 9.59 Å². The summed E-state index contributed by atoms with van der Waals surface area (Å²) in [6, 6.07) is 14.1. The van der Waals surface area contributed by atoms with Crippen LogP contribution in [0.25, 0.3) is 0 Å². The first-order valence-corrected chi connectivity index (χ1v) is 11.5. The number of carbonyl (C=O) groups is 2. The SMILES string of the molecule is O=C(N[C@@H]1CCCNC1)[C@H](Cc1ccccc1)NC(=O)C1(c2ccc(OC(F)(F)F)cc2)CC1. The fourth-order valence-electron chi connectivity index (χ4n) is 4.38. The maximum atomic E-state index is 13.3. The predicted molar refractivity (Wildman–Crippen MR) is 120 cm³/mol. The largest absolute Gasteiger partial charge is 0.573 e. The van der Waals surface area contributed by atoms with Gasteiger partial charge in [0, 0.05) is 19.0 Å². The fraction of sp³-hybridized carbons (Fsp3) is 0.440. The molecule has 1 saturated carbocycles. The van der Waals surface area contributed by atoms with Crippen LogP contribution < -0.4 is 20.7 Å². The second-order valence-corrected chi connectivity index (χ2v) is 8.92. The molecular formula is C25H28F3N3O3. The van der Waals surface area contributed by atoms with Gasteiger partial charge in [0.15, 0.2) is 0 Å². The zero-order valence-corrected chi connectivity index (χ0v) is 18.7. The Morgan fingerprint density at radius 1 is 1.09 bits per heavy atom. The van der Waals surface area contributed by atoms with Crippen LogP contribution in [0.4, 0.5) is 13.2 Å². The molecule has 2 amide bonds. The molecule has 1 heterocycles. The van der Waals surface area contributed by atoms with E-state index in [4.69, 9.17) is 0 Å². The first-order chi connectivity index (χ1) is 16.2. The molecule has 0 aromatic heterocycles. The molecule has 182 valence electrons. The van der Waals surface area contributed by atoms with Crippen molar-refractivity contribution in [3.05, 3.63) is 65.7 Å². The average Bonchev–Trinajstić information content (AvgIpc) is 3.62. The predicted octanol–water partition coefficient (Wildman–Crippen LogP) is 3.21. The third-order valence-electron chi connectivity index (χ3n) is 6.37. The van der Waals surface area contributed by atoms with Gasteiger partial charge < -0.3 is 20.7 Å². The monoisotopic (exact) mass is 475 g/mol. The van der Waals surface area contributed by atoms with Crippen LogP contribution in [0.5, 0.6) is 5.75 Å². The smallest absolute Gasteiger partial charge is 0.406 e. The molecule has 2 aromatic carbocycles. The Hall–Kier alpha value is -3.07. The van der Waals surface area contributed by atoms with Crippen LogP contribution in [0, 0.1) is 0 Å². The summed E-state index contributed by atoms with van der Waals surface area (Å²) in [5, 5.41) is 9.23. The number of ether oxygens (including phenoxy) is 1. The molecule has 2 aliphatic rings. The maximum absolute atomic E-state index is 13.3. The molecule has 1 aliphatic heterocycles. The number of nitrogens with one attached hydrogen (secondary N) is 3. The molecule has 1 saturated heterocycles. The lowest BCUT2D eigenvalue weighted by Crippen LogP contribution is -2.55. The van der Waals surface area contributed by atoms with E-state index in [9.17, 15) is 22.8 Å². The summed E-state index contributed by atoms with van der Waals surface area (Å²) in [4.78, 5) is 26.5. The Kier molecular flexibility index (Phi) is 7.11. The van der Waals surface area contributed by atoms with Gasteiger partial charge in [0.1, 0.15) is 11.8 Å². The van der Waals surface area contributed by atoms with Crippen molar-refractivity contribution in [1.29, 1.82) is 0 Å². The van der Waals surface area contributed by atoms with E-state index < -0.39 is 17.8 Å². The Morgan fingerprint density at radius 2 is 1.79 bits per heavy atom. The lowest BCUT2D eigenvalue weighted by molar-refractivity contribution is -0.274. The van der Waals surface area contributed by atoms with Gasteiger partial charge in [0.05, 0.1) is 5.41 Å². The molecule has 0 unspecified atom stereocenters. The first kappa shape index (κ1) is 24.1. The second-order valence-electron chi connectivity index (χ2n) is 8.92. The van der Waals surface area contributed by atoms with Gasteiger partial charge in [0.25, 0.3) is 0 Å². The molecule has 1 aliphatic carbocycles. The summed E-state index contributed by atoms with van der Waals surface area (Å²) < 4.78 is 41.3. The summed E-state index contributed by atoms with van der Waals surface area (Å²) >= 11 is 0. The van der Waals surface area contributed by atoms with Crippen molar-refractivity contribution in [1.82, 2.24) is 16.0 Å². The highest BCUT2D eigenvalue weighted by atomic mass is 19.4. The standard InChI is InChI=1S/C25H28F3N3O3/c26-25(27,28)34-20-10-8-18(9-11-20)24(12-13-24)23(33)31-21(15-17-5-2-1-3-6-17)22(32)30-19-7-4-14-29-16-19/h1-3,5-6,8-11,19,21,29H,4,7,12-16H2,(H,30,32)(H,31,33)/t19-,21+/m1/s1. The van der Waals surface area contributed by atoms with Crippen LogP contribution in [0.1, 0.15) is 36.8 Å². The van der Waals surface area contributed by atoms with Gasteiger partial charge in [-0.1, -0.05) is 42.5 Å². The van der Waals surface area contributed by atoms with Crippen molar-refractivity contribution in [3.8, 4) is 5.75 Å². The minimum Gasteiger partial charge on any atom is -0.406 e. The molecule has 4 rings (SSSR count). The average molecular weight is 476 g/mol.